The molecule has 0 aliphatic carbocycles. The SMILES string of the molecule is CCNCc1csc(S(=O)(=O)Nc2ccc(F)c(C)c2)c1. The maximum Gasteiger partial charge on any atom is 0.271 e. The summed E-state index contributed by atoms with van der Waals surface area (Å²) in [6.07, 6.45) is 0. The molecule has 2 aromatic rings. The molecule has 4 nitrogen and oxygen atoms in total. The van der Waals surface area contributed by atoms with Gasteiger partial charge in [-0.15, -0.1) is 11.3 Å². The lowest BCUT2D eigenvalue weighted by Crippen LogP contribution is -2.12. The zero-order chi connectivity index (χ0) is 15.5. The molecule has 0 radical (unpaired) electrons. The first-order valence-electron chi connectivity index (χ1n) is 6.49. The zero-order valence-electron chi connectivity index (χ0n) is 11.8. The van der Waals surface area contributed by atoms with Crippen LogP contribution in [-0.2, 0) is 16.6 Å². The van der Waals surface area contributed by atoms with E-state index in [-0.39, 0.29) is 10.0 Å². The van der Waals surface area contributed by atoms with Crippen LogP contribution in [0.4, 0.5) is 10.1 Å². The summed E-state index contributed by atoms with van der Waals surface area (Å²) in [7, 11) is -3.63. The largest absolute Gasteiger partial charge is 0.313 e. The van der Waals surface area contributed by atoms with E-state index in [0.29, 0.717) is 17.8 Å². The molecule has 2 N–H and O–H groups in total. The van der Waals surface area contributed by atoms with Gasteiger partial charge < -0.3 is 5.32 Å². The predicted octanol–water partition coefficient (Wildman–Crippen LogP) is 3.11. The maximum absolute atomic E-state index is 13.2. The van der Waals surface area contributed by atoms with Crippen molar-refractivity contribution in [3.63, 3.8) is 0 Å². The third-order valence-electron chi connectivity index (χ3n) is 2.88. The fraction of sp³-hybridized carbons (Fsp3) is 0.286. The van der Waals surface area contributed by atoms with Crippen molar-refractivity contribution >= 4 is 27.0 Å². The molecule has 0 spiro atoms. The third-order valence-corrected chi connectivity index (χ3v) is 5.75. The van der Waals surface area contributed by atoms with Crippen molar-refractivity contribution in [3.05, 3.63) is 46.6 Å². The van der Waals surface area contributed by atoms with Gasteiger partial charge in [0, 0.05) is 12.2 Å². The van der Waals surface area contributed by atoms with Crippen LogP contribution in [0, 0.1) is 12.7 Å². The van der Waals surface area contributed by atoms with E-state index < -0.39 is 10.0 Å². The number of benzene rings is 1. The number of nitrogens with one attached hydrogen (secondary N) is 2. The Morgan fingerprint density at radius 1 is 1.29 bits per heavy atom. The number of rotatable bonds is 6. The van der Waals surface area contributed by atoms with Crippen molar-refractivity contribution in [1.29, 1.82) is 0 Å². The monoisotopic (exact) mass is 328 g/mol. The van der Waals surface area contributed by atoms with Gasteiger partial charge in [0.15, 0.2) is 0 Å². The van der Waals surface area contributed by atoms with E-state index in [4.69, 9.17) is 0 Å². The molecule has 1 heterocycles. The molecule has 0 amide bonds. The Bertz CT molecular complexity index is 726. The lowest BCUT2D eigenvalue weighted by Gasteiger charge is -2.07. The van der Waals surface area contributed by atoms with Crippen LogP contribution in [-0.4, -0.2) is 15.0 Å². The van der Waals surface area contributed by atoms with Gasteiger partial charge in [0.1, 0.15) is 10.0 Å². The van der Waals surface area contributed by atoms with Crippen LogP contribution in [0.2, 0.25) is 0 Å². The summed E-state index contributed by atoms with van der Waals surface area (Å²) in [6, 6.07) is 5.78. The fourth-order valence-corrected chi connectivity index (χ4v) is 4.03. The Balaban J connectivity index is 2.17. The number of thiophene rings is 1. The molecule has 0 aliphatic rings. The molecule has 21 heavy (non-hydrogen) atoms. The molecule has 1 aromatic carbocycles. The van der Waals surface area contributed by atoms with E-state index in [1.165, 1.54) is 29.5 Å². The number of anilines is 1. The van der Waals surface area contributed by atoms with Gasteiger partial charge >= 0.3 is 0 Å². The van der Waals surface area contributed by atoms with Crippen LogP contribution < -0.4 is 10.0 Å². The first-order valence-corrected chi connectivity index (χ1v) is 8.86. The summed E-state index contributed by atoms with van der Waals surface area (Å²) in [5.41, 5.74) is 1.68. The number of halogens is 1. The van der Waals surface area contributed by atoms with Gasteiger partial charge in [-0.05, 0) is 54.2 Å². The van der Waals surface area contributed by atoms with Crippen molar-refractivity contribution in [2.45, 2.75) is 24.6 Å². The Morgan fingerprint density at radius 3 is 2.71 bits per heavy atom. The van der Waals surface area contributed by atoms with E-state index in [9.17, 15) is 12.8 Å². The summed E-state index contributed by atoms with van der Waals surface area (Å²) in [4.78, 5) is 0. The molecule has 0 bridgehead atoms. The summed E-state index contributed by atoms with van der Waals surface area (Å²) in [5.74, 6) is -0.359. The Morgan fingerprint density at radius 2 is 2.05 bits per heavy atom. The molecule has 0 unspecified atom stereocenters. The lowest BCUT2D eigenvalue weighted by molar-refractivity contribution is 0.602. The Labute approximate surface area is 128 Å². The van der Waals surface area contributed by atoms with E-state index in [1.54, 1.807) is 13.0 Å². The van der Waals surface area contributed by atoms with Crippen LogP contribution in [0.15, 0.2) is 33.9 Å². The Kier molecular flexibility index (Phi) is 4.97. The second-order valence-electron chi connectivity index (χ2n) is 4.62. The van der Waals surface area contributed by atoms with Crippen LogP contribution in [0.1, 0.15) is 18.1 Å². The minimum absolute atomic E-state index is 0.248. The molecule has 7 heteroatoms. The van der Waals surface area contributed by atoms with E-state index in [2.05, 4.69) is 10.0 Å². The van der Waals surface area contributed by atoms with E-state index in [0.717, 1.165) is 12.1 Å². The van der Waals surface area contributed by atoms with Gasteiger partial charge in [0.05, 0.1) is 0 Å². The number of sulfonamides is 1. The van der Waals surface area contributed by atoms with Gasteiger partial charge in [0.2, 0.25) is 0 Å². The first-order chi connectivity index (χ1) is 9.92. The van der Waals surface area contributed by atoms with Crippen LogP contribution in [0.5, 0.6) is 0 Å². The smallest absolute Gasteiger partial charge is 0.271 e. The quantitative estimate of drug-likeness (QED) is 0.856. The van der Waals surface area contributed by atoms with Crippen LogP contribution in [0.3, 0.4) is 0 Å². The van der Waals surface area contributed by atoms with E-state index >= 15 is 0 Å². The second-order valence-corrected chi connectivity index (χ2v) is 7.44. The highest BCUT2D eigenvalue weighted by atomic mass is 32.2. The molecule has 0 aliphatic heterocycles. The van der Waals surface area contributed by atoms with Crippen molar-refractivity contribution in [2.24, 2.45) is 0 Å². The summed E-state index contributed by atoms with van der Waals surface area (Å²) >= 11 is 1.17. The van der Waals surface area contributed by atoms with Gasteiger partial charge in [0.25, 0.3) is 10.0 Å². The molecule has 0 saturated carbocycles. The minimum atomic E-state index is -3.63. The second kappa shape index (κ2) is 6.55. The third kappa shape index (κ3) is 4.03. The number of aryl methyl sites for hydroxylation is 1. The minimum Gasteiger partial charge on any atom is -0.313 e. The maximum atomic E-state index is 13.2. The highest BCUT2D eigenvalue weighted by molar-refractivity contribution is 7.94. The van der Waals surface area contributed by atoms with Crippen molar-refractivity contribution in [1.82, 2.24) is 5.32 Å². The fourth-order valence-electron chi connectivity index (χ4n) is 1.77. The molecule has 0 fully saturated rings. The normalized spacial score (nSPS) is 11.6. The Hall–Kier alpha value is -1.44. The van der Waals surface area contributed by atoms with Crippen LogP contribution >= 0.6 is 11.3 Å². The molecular weight excluding hydrogens is 311 g/mol. The molecule has 2 rings (SSSR count). The van der Waals surface area contributed by atoms with Crippen molar-refractivity contribution < 1.29 is 12.8 Å². The first kappa shape index (κ1) is 15.9. The molecule has 1 aromatic heterocycles. The van der Waals surface area contributed by atoms with Crippen LogP contribution in [0.25, 0.3) is 0 Å². The highest BCUT2D eigenvalue weighted by Gasteiger charge is 2.17. The van der Waals surface area contributed by atoms with Crippen molar-refractivity contribution in [3.8, 4) is 0 Å². The summed E-state index contributed by atoms with van der Waals surface area (Å²) in [5, 5.41) is 4.96. The zero-order valence-corrected chi connectivity index (χ0v) is 13.4. The standard InChI is InChI=1S/C14H17FN2O2S2/c1-3-16-8-11-7-14(20-9-11)21(18,19)17-12-4-5-13(15)10(2)6-12/h4-7,9,16-17H,3,8H2,1-2H3. The van der Waals surface area contributed by atoms with Gasteiger partial charge in [-0.25, -0.2) is 12.8 Å². The average Bonchev–Trinajstić information content (AvgIpc) is 2.90. The summed E-state index contributed by atoms with van der Waals surface area (Å²) < 4.78 is 40.4. The average molecular weight is 328 g/mol. The lowest BCUT2D eigenvalue weighted by atomic mass is 10.2. The number of hydrogen-bond donors (Lipinski definition) is 2. The molecule has 0 saturated heterocycles. The predicted molar refractivity (Wildman–Crippen MR) is 83.6 cm³/mol. The van der Waals surface area contributed by atoms with Gasteiger partial charge in [-0.1, -0.05) is 6.92 Å². The van der Waals surface area contributed by atoms with Gasteiger partial charge in [-0.3, -0.25) is 4.72 Å². The molecular formula is C14H17FN2O2S2. The van der Waals surface area contributed by atoms with Gasteiger partial charge in [-0.2, -0.15) is 0 Å². The molecule has 0 atom stereocenters. The van der Waals surface area contributed by atoms with E-state index in [1.807, 2.05) is 12.3 Å². The van der Waals surface area contributed by atoms with Crippen molar-refractivity contribution in [2.75, 3.05) is 11.3 Å². The topological polar surface area (TPSA) is 58.2 Å². The summed E-state index contributed by atoms with van der Waals surface area (Å²) in [6.45, 7) is 5.04. The molecule has 114 valence electrons. The number of hydrogen-bond acceptors (Lipinski definition) is 4. The highest BCUT2D eigenvalue weighted by Crippen LogP contribution is 2.24.